The smallest absolute Gasteiger partial charge is 0.271 e. The van der Waals surface area contributed by atoms with Crippen molar-refractivity contribution < 1.29 is 22.0 Å². The Morgan fingerprint density at radius 2 is 1.96 bits per heavy atom. The van der Waals surface area contributed by atoms with Gasteiger partial charge in [0.05, 0.1) is 16.3 Å². The number of carbonyl (C=O) groups is 1. The molecule has 2 aromatic rings. The van der Waals surface area contributed by atoms with Crippen molar-refractivity contribution >= 4 is 38.7 Å². The quantitative estimate of drug-likeness (QED) is 0.820. The number of anilines is 1. The first-order valence-electron chi connectivity index (χ1n) is 6.66. The molecule has 3 rings (SSSR count). The summed E-state index contributed by atoms with van der Waals surface area (Å²) in [4.78, 5) is 12.5. The summed E-state index contributed by atoms with van der Waals surface area (Å²) in [5.41, 5.74) is 1.81. The zero-order chi connectivity index (χ0) is 17.5. The third-order valence-electron chi connectivity index (χ3n) is 3.46. The zero-order valence-electron chi connectivity index (χ0n) is 12.3. The van der Waals surface area contributed by atoms with Gasteiger partial charge in [0, 0.05) is 7.05 Å². The first-order valence-corrected chi connectivity index (χ1v) is 9.15. The summed E-state index contributed by atoms with van der Waals surface area (Å²) in [6.45, 7) is 0. The number of benzene rings is 1. The SMILES string of the molecule is CN1c2ccsc2/C(=N\NC(=O)c2c(F)cccc2F)CS1(=O)=O. The topological polar surface area (TPSA) is 78.8 Å². The fourth-order valence-corrected chi connectivity index (χ4v) is 4.48. The van der Waals surface area contributed by atoms with Crippen molar-refractivity contribution in [1.29, 1.82) is 0 Å². The Hall–Kier alpha value is -2.33. The van der Waals surface area contributed by atoms with Crippen LogP contribution in [0.15, 0.2) is 34.7 Å². The van der Waals surface area contributed by atoms with E-state index in [-0.39, 0.29) is 5.71 Å². The fourth-order valence-electron chi connectivity index (χ4n) is 2.22. The van der Waals surface area contributed by atoms with E-state index in [1.54, 1.807) is 11.4 Å². The van der Waals surface area contributed by atoms with Crippen LogP contribution in [0.5, 0.6) is 0 Å². The number of fused-ring (bicyclic) bond motifs is 1. The molecule has 0 fully saturated rings. The monoisotopic (exact) mass is 371 g/mol. The van der Waals surface area contributed by atoms with E-state index in [9.17, 15) is 22.0 Å². The van der Waals surface area contributed by atoms with E-state index in [2.05, 4.69) is 5.10 Å². The molecule has 1 aliphatic rings. The molecule has 0 spiro atoms. The minimum atomic E-state index is -3.61. The van der Waals surface area contributed by atoms with Gasteiger partial charge in [-0.05, 0) is 23.6 Å². The maximum atomic E-state index is 13.6. The highest BCUT2D eigenvalue weighted by Gasteiger charge is 2.32. The molecule has 1 aromatic heterocycles. The van der Waals surface area contributed by atoms with Gasteiger partial charge in [-0.25, -0.2) is 22.6 Å². The summed E-state index contributed by atoms with van der Waals surface area (Å²) in [7, 11) is -2.19. The lowest BCUT2D eigenvalue weighted by Gasteiger charge is -2.25. The summed E-state index contributed by atoms with van der Waals surface area (Å²) in [5, 5.41) is 5.46. The Morgan fingerprint density at radius 1 is 1.29 bits per heavy atom. The van der Waals surface area contributed by atoms with Gasteiger partial charge in [-0.1, -0.05) is 6.07 Å². The Bertz CT molecular complexity index is 934. The summed E-state index contributed by atoms with van der Waals surface area (Å²) in [6, 6.07) is 4.64. The van der Waals surface area contributed by atoms with Crippen LogP contribution in [-0.2, 0) is 10.0 Å². The van der Waals surface area contributed by atoms with Gasteiger partial charge in [-0.2, -0.15) is 5.10 Å². The van der Waals surface area contributed by atoms with Gasteiger partial charge >= 0.3 is 0 Å². The van der Waals surface area contributed by atoms with Crippen LogP contribution in [0.1, 0.15) is 15.2 Å². The van der Waals surface area contributed by atoms with Crippen LogP contribution in [0, 0.1) is 11.6 Å². The highest BCUT2D eigenvalue weighted by atomic mass is 32.2. The molecule has 1 N–H and O–H groups in total. The van der Waals surface area contributed by atoms with E-state index < -0.39 is 38.9 Å². The number of halogens is 2. The van der Waals surface area contributed by atoms with E-state index >= 15 is 0 Å². The molecule has 2 heterocycles. The average Bonchev–Trinajstić information content (AvgIpc) is 2.99. The molecule has 0 atom stereocenters. The van der Waals surface area contributed by atoms with Crippen molar-refractivity contribution in [1.82, 2.24) is 5.43 Å². The first-order chi connectivity index (χ1) is 11.3. The minimum absolute atomic E-state index is 0.114. The molecule has 1 aliphatic heterocycles. The van der Waals surface area contributed by atoms with E-state index in [4.69, 9.17) is 0 Å². The van der Waals surface area contributed by atoms with Gasteiger partial charge in [0.25, 0.3) is 5.91 Å². The third-order valence-corrected chi connectivity index (χ3v) is 6.09. The predicted octanol–water partition coefficient (Wildman–Crippen LogP) is 1.94. The van der Waals surface area contributed by atoms with Crippen LogP contribution in [0.2, 0.25) is 0 Å². The highest BCUT2D eigenvalue weighted by molar-refractivity contribution is 7.93. The molecule has 0 bridgehead atoms. The fraction of sp³-hybridized carbons (Fsp3) is 0.143. The van der Waals surface area contributed by atoms with Crippen molar-refractivity contribution in [2.24, 2.45) is 5.10 Å². The minimum Gasteiger partial charge on any atom is -0.271 e. The van der Waals surface area contributed by atoms with Gasteiger partial charge < -0.3 is 0 Å². The molecule has 0 aliphatic carbocycles. The Kier molecular flexibility index (Phi) is 4.10. The maximum Gasteiger partial charge on any atom is 0.277 e. The molecule has 0 saturated heterocycles. The summed E-state index contributed by atoms with van der Waals surface area (Å²) >= 11 is 1.26. The maximum absolute atomic E-state index is 13.6. The Labute approximate surface area is 140 Å². The molecule has 0 radical (unpaired) electrons. The number of nitrogens with one attached hydrogen (secondary N) is 1. The number of sulfonamides is 1. The van der Waals surface area contributed by atoms with Gasteiger partial charge in [0.2, 0.25) is 10.0 Å². The molecule has 24 heavy (non-hydrogen) atoms. The van der Waals surface area contributed by atoms with Crippen molar-refractivity contribution in [3.05, 3.63) is 51.7 Å². The highest BCUT2D eigenvalue weighted by Crippen LogP contribution is 2.32. The molecule has 0 unspecified atom stereocenters. The summed E-state index contributed by atoms with van der Waals surface area (Å²) < 4.78 is 52.5. The normalized spacial score (nSPS) is 17.6. The number of nitrogens with zero attached hydrogens (tertiary/aromatic N) is 2. The molecular formula is C14H11F2N3O3S2. The summed E-state index contributed by atoms with van der Waals surface area (Å²) in [5.74, 6) is -3.56. The lowest BCUT2D eigenvalue weighted by atomic mass is 10.2. The van der Waals surface area contributed by atoms with Gasteiger partial charge in [0.15, 0.2) is 0 Å². The van der Waals surface area contributed by atoms with Crippen molar-refractivity contribution in [3.63, 3.8) is 0 Å². The molecule has 6 nitrogen and oxygen atoms in total. The zero-order valence-corrected chi connectivity index (χ0v) is 13.9. The second-order valence-corrected chi connectivity index (χ2v) is 7.87. The number of hydrogen-bond donors (Lipinski definition) is 1. The lowest BCUT2D eigenvalue weighted by Crippen LogP contribution is -2.38. The van der Waals surface area contributed by atoms with Crippen molar-refractivity contribution in [2.75, 3.05) is 17.1 Å². The van der Waals surface area contributed by atoms with Crippen LogP contribution in [0.25, 0.3) is 0 Å². The Morgan fingerprint density at radius 3 is 2.62 bits per heavy atom. The van der Waals surface area contributed by atoms with Crippen LogP contribution in [0.4, 0.5) is 14.5 Å². The molecule has 0 saturated carbocycles. The van der Waals surface area contributed by atoms with E-state index in [0.717, 1.165) is 22.5 Å². The van der Waals surface area contributed by atoms with E-state index in [1.807, 2.05) is 5.43 Å². The molecule has 1 amide bonds. The van der Waals surface area contributed by atoms with Crippen LogP contribution >= 0.6 is 11.3 Å². The molecule has 1 aromatic carbocycles. The number of amides is 1. The van der Waals surface area contributed by atoms with Gasteiger partial charge in [-0.15, -0.1) is 11.3 Å². The van der Waals surface area contributed by atoms with Gasteiger partial charge in [0.1, 0.15) is 23.0 Å². The number of carbonyl (C=O) groups excluding carboxylic acids is 1. The second kappa shape index (κ2) is 5.95. The molecular weight excluding hydrogens is 360 g/mol. The number of rotatable bonds is 2. The number of hydrogen-bond acceptors (Lipinski definition) is 5. The number of thiophene rings is 1. The molecule has 126 valence electrons. The standard InChI is InChI=1S/C14H11F2N3O3S2/c1-19-11-5-6-23-13(11)10(7-24(19,21)22)17-18-14(20)12-8(15)3-2-4-9(12)16/h2-6H,7H2,1H3,(H,18,20)/b17-10-. The van der Waals surface area contributed by atoms with Gasteiger partial charge in [-0.3, -0.25) is 9.10 Å². The Balaban J connectivity index is 1.93. The first kappa shape index (κ1) is 16.5. The van der Waals surface area contributed by atoms with E-state index in [1.165, 1.54) is 18.4 Å². The largest absolute Gasteiger partial charge is 0.277 e. The number of hydrazone groups is 1. The van der Waals surface area contributed by atoms with Crippen molar-refractivity contribution in [2.45, 2.75) is 0 Å². The third kappa shape index (κ3) is 2.78. The predicted molar refractivity (Wildman–Crippen MR) is 86.9 cm³/mol. The summed E-state index contributed by atoms with van der Waals surface area (Å²) in [6.07, 6.45) is 0. The second-order valence-electron chi connectivity index (χ2n) is 4.95. The van der Waals surface area contributed by atoms with Crippen LogP contribution in [-0.4, -0.2) is 32.8 Å². The van der Waals surface area contributed by atoms with Crippen LogP contribution in [0.3, 0.4) is 0 Å². The molecule has 10 heteroatoms. The average molecular weight is 371 g/mol. The van der Waals surface area contributed by atoms with Crippen molar-refractivity contribution in [3.8, 4) is 0 Å². The van der Waals surface area contributed by atoms with Crippen LogP contribution < -0.4 is 9.73 Å². The lowest BCUT2D eigenvalue weighted by molar-refractivity contribution is 0.0946. The van der Waals surface area contributed by atoms with E-state index in [0.29, 0.717) is 10.6 Å².